The van der Waals surface area contributed by atoms with Crippen LogP contribution in [0.1, 0.15) is 5.56 Å². The van der Waals surface area contributed by atoms with Crippen LogP contribution in [0, 0.1) is 0 Å². The molecule has 90 valence electrons. The molecule has 0 fully saturated rings. The maximum Gasteiger partial charge on any atom is 0.243 e. The van der Waals surface area contributed by atoms with E-state index >= 15 is 0 Å². The van der Waals surface area contributed by atoms with Crippen LogP contribution in [-0.2, 0) is 16.6 Å². The van der Waals surface area contributed by atoms with E-state index in [2.05, 4.69) is 21.2 Å². The summed E-state index contributed by atoms with van der Waals surface area (Å²) in [6.45, 7) is 0.642. The van der Waals surface area contributed by atoms with Crippen LogP contribution in [0.25, 0.3) is 0 Å². The summed E-state index contributed by atoms with van der Waals surface area (Å²) in [6.07, 6.45) is 0. The predicted octanol–water partition coefficient (Wildman–Crippen LogP) is 1.42. The molecule has 0 unspecified atom stereocenters. The molecule has 4 nitrogen and oxygen atoms in total. The molecule has 1 aromatic rings. The Morgan fingerprint density at radius 2 is 2.00 bits per heavy atom. The fourth-order valence-electron chi connectivity index (χ4n) is 1.26. The van der Waals surface area contributed by atoms with Crippen molar-refractivity contribution in [3.63, 3.8) is 0 Å². The number of benzene rings is 1. The van der Waals surface area contributed by atoms with Gasteiger partial charge in [0.2, 0.25) is 10.0 Å². The van der Waals surface area contributed by atoms with Crippen LogP contribution >= 0.6 is 15.9 Å². The second kappa shape index (κ2) is 5.27. The summed E-state index contributed by atoms with van der Waals surface area (Å²) < 4.78 is 25.8. The Balaban J connectivity index is 3.27. The molecule has 0 amide bonds. The largest absolute Gasteiger partial charge is 0.316 e. The molecule has 0 aliphatic rings. The maximum atomic E-state index is 12.0. The third kappa shape index (κ3) is 2.82. The van der Waals surface area contributed by atoms with Gasteiger partial charge in [-0.2, -0.15) is 0 Å². The highest BCUT2D eigenvalue weighted by atomic mass is 79.9. The molecule has 1 N–H and O–H groups in total. The lowest BCUT2D eigenvalue weighted by molar-refractivity contribution is 0.520. The van der Waals surface area contributed by atoms with Crippen LogP contribution in [0.2, 0.25) is 0 Å². The zero-order valence-electron chi connectivity index (χ0n) is 9.49. The van der Waals surface area contributed by atoms with Gasteiger partial charge in [0, 0.05) is 25.1 Å². The van der Waals surface area contributed by atoms with Gasteiger partial charge in [0.1, 0.15) is 0 Å². The molecule has 1 rings (SSSR count). The smallest absolute Gasteiger partial charge is 0.243 e. The van der Waals surface area contributed by atoms with Gasteiger partial charge in [0.05, 0.1) is 4.90 Å². The molecule has 0 saturated carbocycles. The lowest BCUT2D eigenvalue weighted by Gasteiger charge is -2.13. The third-order valence-electron chi connectivity index (χ3n) is 2.14. The number of nitrogens with one attached hydrogen (secondary N) is 1. The van der Waals surface area contributed by atoms with Crippen LogP contribution in [0.15, 0.2) is 27.6 Å². The Bertz CT molecular complexity index is 472. The van der Waals surface area contributed by atoms with Gasteiger partial charge in [0.15, 0.2) is 0 Å². The van der Waals surface area contributed by atoms with E-state index in [-0.39, 0.29) is 0 Å². The van der Waals surface area contributed by atoms with Crippen molar-refractivity contribution in [2.45, 2.75) is 11.4 Å². The first-order valence-electron chi connectivity index (χ1n) is 4.75. The van der Waals surface area contributed by atoms with Crippen LogP contribution in [0.3, 0.4) is 0 Å². The van der Waals surface area contributed by atoms with Crippen LogP contribution in [0.4, 0.5) is 0 Å². The molecule has 16 heavy (non-hydrogen) atoms. The highest BCUT2D eigenvalue weighted by molar-refractivity contribution is 9.10. The zero-order chi connectivity index (χ0) is 12.3. The average molecular weight is 307 g/mol. The highest BCUT2D eigenvalue weighted by Crippen LogP contribution is 2.25. The Kier molecular flexibility index (Phi) is 4.49. The molecular weight excluding hydrogens is 292 g/mol. The number of hydrogen-bond donors (Lipinski definition) is 1. The maximum absolute atomic E-state index is 12.0. The van der Waals surface area contributed by atoms with E-state index in [1.54, 1.807) is 12.1 Å². The van der Waals surface area contributed by atoms with Gasteiger partial charge in [-0.05, 0) is 40.7 Å². The van der Waals surface area contributed by atoms with E-state index in [0.717, 1.165) is 5.56 Å². The summed E-state index contributed by atoms with van der Waals surface area (Å²) in [5, 5.41) is 2.99. The fraction of sp³-hybridized carbons (Fsp3) is 0.400. The molecule has 0 bridgehead atoms. The standard InChI is InChI=1S/C10H15BrN2O2S/c1-12-7-8-4-5-9(11)10(6-8)16(14,15)13(2)3/h4-6,12H,7H2,1-3H3. The Hall–Kier alpha value is -0.430. The van der Waals surface area contributed by atoms with Crippen molar-refractivity contribution >= 4 is 26.0 Å². The quantitative estimate of drug-likeness (QED) is 0.915. The van der Waals surface area contributed by atoms with Crippen LogP contribution in [0.5, 0.6) is 0 Å². The number of sulfonamides is 1. The van der Waals surface area contributed by atoms with Gasteiger partial charge in [-0.25, -0.2) is 12.7 Å². The summed E-state index contributed by atoms with van der Waals surface area (Å²) >= 11 is 3.26. The van der Waals surface area contributed by atoms with Crippen molar-refractivity contribution in [2.75, 3.05) is 21.1 Å². The molecule has 0 spiro atoms. The molecule has 0 saturated heterocycles. The molecule has 0 radical (unpaired) electrons. The molecule has 0 aliphatic carbocycles. The van der Waals surface area contributed by atoms with Crippen molar-refractivity contribution in [1.29, 1.82) is 0 Å². The Morgan fingerprint density at radius 1 is 1.38 bits per heavy atom. The van der Waals surface area contributed by atoms with Gasteiger partial charge in [-0.3, -0.25) is 0 Å². The normalized spacial score (nSPS) is 12.1. The Morgan fingerprint density at radius 3 is 2.50 bits per heavy atom. The van der Waals surface area contributed by atoms with Crippen LogP contribution in [-0.4, -0.2) is 33.9 Å². The fourth-order valence-corrected chi connectivity index (χ4v) is 3.12. The van der Waals surface area contributed by atoms with Crippen molar-refractivity contribution in [2.24, 2.45) is 0 Å². The first-order chi connectivity index (χ1) is 7.39. The lowest BCUT2D eigenvalue weighted by Crippen LogP contribution is -2.23. The first-order valence-corrected chi connectivity index (χ1v) is 6.98. The van der Waals surface area contributed by atoms with E-state index in [9.17, 15) is 8.42 Å². The molecule has 0 atom stereocenters. The summed E-state index contributed by atoms with van der Waals surface area (Å²) in [7, 11) is 1.47. The zero-order valence-corrected chi connectivity index (χ0v) is 11.9. The topological polar surface area (TPSA) is 49.4 Å². The first kappa shape index (κ1) is 13.6. The summed E-state index contributed by atoms with van der Waals surface area (Å²) in [5.74, 6) is 0. The van der Waals surface area contributed by atoms with Gasteiger partial charge in [-0.1, -0.05) is 6.07 Å². The Labute approximate surface area is 105 Å². The molecule has 0 heterocycles. The average Bonchev–Trinajstić information content (AvgIpc) is 2.20. The van der Waals surface area contributed by atoms with Crippen molar-refractivity contribution in [1.82, 2.24) is 9.62 Å². The van der Waals surface area contributed by atoms with Crippen LogP contribution < -0.4 is 5.32 Å². The van der Waals surface area contributed by atoms with Crippen molar-refractivity contribution in [3.05, 3.63) is 28.2 Å². The third-order valence-corrected chi connectivity index (χ3v) is 4.94. The van der Waals surface area contributed by atoms with Crippen molar-refractivity contribution < 1.29 is 8.42 Å². The minimum absolute atomic E-state index is 0.297. The molecule has 0 aliphatic heterocycles. The van der Waals surface area contributed by atoms with Gasteiger partial charge in [0.25, 0.3) is 0 Å². The monoisotopic (exact) mass is 306 g/mol. The molecule has 6 heteroatoms. The second-order valence-electron chi connectivity index (χ2n) is 3.58. The van der Waals surface area contributed by atoms with E-state index in [1.165, 1.54) is 18.4 Å². The summed E-state index contributed by atoms with van der Waals surface area (Å²) in [4.78, 5) is 0.297. The number of nitrogens with zero attached hydrogens (tertiary/aromatic N) is 1. The van der Waals surface area contributed by atoms with Gasteiger partial charge >= 0.3 is 0 Å². The minimum atomic E-state index is -3.39. The number of rotatable bonds is 4. The highest BCUT2D eigenvalue weighted by Gasteiger charge is 2.20. The van der Waals surface area contributed by atoms with Gasteiger partial charge < -0.3 is 5.32 Å². The van der Waals surface area contributed by atoms with E-state index < -0.39 is 10.0 Å². The van der Waals surface area contributed by atoms with E-state index in [0.29, 0.717) is 15.9 Å². The van der Waals surface area contributed by atoms with Crippen molar-refractivity contribution in [3.8, 4) is 0 Å². The summed E-state index contributed by atoms with van der Waals surface area (Å²) in [6, 6.07) is 5.31. The number of halogens is 1. The van der Waals surface area contributed by atoms with E-state index in [1.807, 2.05) is 13.1 Å². The van der Waals surface area contributed by atoms with E-state index in [4.69, 9.17) is 0 Å². The summed E-state index contributed by atoms with van der Waals surface area (Å²) in [5.41, 5.74) is 0.936. The minimum Gasteiger partial charge on any atom is -0.316 e. The molecule has 0 aromatic heterocycles. The molecular formula is C10H15BrN2O2S. The lowest BCUT2D eigenvalue weighted by atomic mass is 10.2. The predicted molar refractivity (Wildman–Crippen MR) is 67.8 cm³/mol. The van der Waals surface area contributed by atoms with Gasteiger partial charge in [-0.15, -0.1) is 0 Å². The SMILES string of the molecule is CNCc1ccc(Br)c(S(=O)(=O)N(C)C)c1. The molecule has 1 aromatic carbocycles. The second-order valence-corrected chi connectivity index (χ2v) is 6.56. The number of hydrogen-bond acceptors (Lipinski definition) is 3.